The topological polar surface area (TPSA) is 108 Å². The zero-order valence-corrected chi connectivity index (χ0v) is 20.3. The number of carbonyl (C=O) groups is 2. The SMILES string of the molecule is CO[C@H]1COC(=O)C/C=C\[C@H](C)[C@@H](NS(=O)(=O)c2ccc(C)cc2)COC(=O)C/C=C\[C@@H]1C. The molecule has 0 bridgehead atoms. The van der Waals surface area contributed by atoms with Crippen LogP contribution in [-0.4, -0.2) is 52.8 Å². The first-order valence-electron chi connectivity index (χ1n) is 10.9. The van der Waals surface area contributed by atoms with Gasteiger partial charge in [0, 0.05) is 13.0 Å². The van der Waals surface area contributed by atoms with E-state index in [-0.39, 0.29) is 48.9 Å². The van der Waals surface area contributed by atoms with Crippen LogP contribution in [0.15, 0.2) is 53.5 Å². The minimum Gasteiger partial charge on any atom is -0.464 e. The van der Waals surface area contributed by atoms with Crippen LogP contribution in [0.3, 0.4) is 0 Å². The van der Waals surface area contributed by atoms with E-state index in [0.717, 1.165) is 5.56 Å². The third-order valence-corrected chi connectivity index (χ3v) is 6.95. The number of ether oxygens (including phenoxy) is 3. The number of hydrogen-bond donors (Lipinski definition) is 1. The lowest BCUT2D eigenvalue weighted by atomic mass is 10.0. The Hall–Kier alpha value is -2.49. The second kappa shape index (κ2) is 12.7. The summed E-state index contributed by atoms with van der Waals surface area (Å²) in [6, 6.07) is 5.75. The summed E-state index contributed by atoms with van der Waals surface area (Å²) in [5.41, 5.74) is 0.940. The van der Waals surface area contributed by atoms with Crippen LogP contribution in [0.5, 0.6) is 0 Å². The maximum atomic E-state index is 12.9. The molecule has 0 spiro atoms. The molecule has 0 aromatic heterocycles. The zero-order chi connectivity index (χ0) is 24.4. The van der Waals surface area contributed by atoms with E-state index >= 15 is 0 Å². The number of aryl methyl sites for hydroxylation is 1. The molecule has 9 heteroatoms. The number of rotatable bonds is 4. The second-order valence-corrected chi connectivity index (χ2v) is 9.88. The Bertz CT molecular complexity index is 954. The Morgan fingerprint density at radius 2 is 1.45 bits per heavy atom. The van der Waals surface area contributed by atoms with Gasteiger partial charge in [-0.2, -0.15) is 0 Å². The largest absolute Gasteiger partial charge is 0.464 e. The van der Waals surface area contributed by atoms with E-state index in [0.29, 0.717) is 0 Å². The number of esters is 2. The Morgan fingerprint density at radius 3 is 2.03 bits per heavy atom. The average Bonchev–Trinajstić information content (AvgIpc) is 2.76. The third kappa shape index (κ3) is 8.75. The highest BCUT2D eigenvalue weighted by Crippen LogP contribution is 2.16. The van der Waals surface area contributed by atoms with Gasteiger partial charge in [-0.05, 0) is 25.0 Å². The molecule has 1 aromatic carbocycles. The number of benzene rings is 1. The smallest absolute Gasteiger partial charge is 0.309 e. The maximum Gasteiger partial charge on any atom is 0.309 e. The lowest BCUT2D eigenvalue weighted by Gasteiger charge is -2.23. The molecule has 1 aliphatic heterocycles. The van der Waals surface area contributed by atoms with Crippen molar-refractivity contribution in [2.24, 2.45) is 11.8 Å². The minimum atomic E-state index is -3.84. The summed E-state index contributed by atoms with van der Waals surface area (Å²) >= 11 is 0. The van der Waals surface area contributed by atoms with Crippen LogP contribution in [0, 0.1) is 18.8 Å². The molecule has 4 atom stereocenters. The molecule has 1 heterocycles. The second-order valence-electron chi connectivity index (χ2n) is 8.16. The fourth-order valence-corrected chi connectivity index (χ4v) is 4.52. The predicted molar refractivity (Wildman–Crippen MR) is 124 cm³/mol. The van der Waals surface area contributed by atoms with Crippen molar-refractivity contribution < 1.29 is 32.2 Å². The number of carbonyl (C=O) groups excluding carboxylic acids is 2. The summed E-state index contributed by atoms with van der Waals surface area (Å²) in [6.07, 6.45) is 6.53. The Labute approximate surface area is 196 Å². The highest BCUT2D eigenvalue weighted by atomic mass is 32.2. The molecule has 0 saturated carbocycles. The van der Waals surface area contributed by atoms with Crippen LogP contribution in [0.2, 0.25) is 0 Å². The fourth-order valence-electron chi connectivity index (χ4n) is 3.20. The van der Waals surface area contributed by atoms with E-state index in [4.69, 9.17) is 14.2 Å². The number of methoxy groups -OCH3 is 1. The van der Waals surface area contributed by atoms with Crippen molar-refractivity contribution in [2.45, 2.75) is 50.7 Å². The molecule has 0 amide bonds. The van der Waals surface area contributed by atoms with Gasteiger partial charge in [-0.15, -0.1) is 0 Å². The first-order valence-corrected chi connectivity index (χ1v) is 12.4. The van der Waals surface area contributed by atoms with Crippen molar-refractivity contribution in [3.63, 3.8) is 0 Å². The van der Waals surface area contributed by atoms with Crippen LogP contribution in [0.4, 0.5) is 0 Å². The van der Waals surface area contributed by atoms with Crippen molar-refractivity contribution in [1.29, 1.82) is 0 Å². The molecular weight excluding hydrogens is 446 g/mol. The van der Waals surface area contributed by atoms with Gasteiger partial charge in [0.15, 0.2) is 0 Å². The van der Waals surface area contributed by atoms with Gasteiger partial charge >= 0.3 is 11.9 Å². The molecule has 1 aliphatic rings. The predicted octanol–water partition coefficient (Wildman–Crippen LogP) is 2.92. The molecule has 0 unspecified atom stereocenters. The normalized spacial score (nSPS) is 27.9. The summed E-state index contributed by atoms with van der Waals surface area (Å²) < 4.78 is 44.4. The summed E-state index contributed by atoms with van der Waals surface area (Å²) in [4.78, 5) is 24.4. The summed E-state index contributed by atoms with van der Waals surface area (Å²) in [5.74, 6) is -1.33. The van der Waals surface area contributed by atoms with Crippen LogP contribution >= 0.6 is 0 Å². The van der Waals surface area contributed by atoms with Crippen LogP contribution < -0.4 is 4.72 Å². The quantitative estimate of drug-likeness (QED) is 0.522. The molecule has 33 heavy (non-hydrogen) atoms. The van der Waals surface area contributed by atoms with Gasteiger partial charge in [-0.25, -0.2) is 13.1 Å². The van der Waals surface area contributed by atoms with Crippen molar-refractivity contribution in [1.82, 2.24) is 4.72 Å². The van der Waals surface area contributed by atoms with Crippen LogP contribution in [0.1, 0.15) is 32.3 Å². The van der Waals surface area contributed by atoms with E-state index in [9.17, 15) is 18.0 Å². The average molecular weight is 480 g/mol. The molecule has 182 valence electrons. The van der Waals surface area contributed by atoms with E-state index in [1.165, 1.54) is 19.2 Å². The van der Waals surface area contributed by atoms with E-state index in [2.05, 4.69) is 4.72 Å². The fraction of sp³-hybridized carbons (Fsp3) is 0.500. The Balaban J connectivity index is 2.20. The van der Waals surface area contributed by atoms with E-state index < -0.39 is 28.0 Å². The summed E-state index contributed by atoms with van der Waals surface area (Å²) in [5, 5.41) is 0. The Morgan fingerprint density at radius 1 is 0.909 bits per heavy atom. The number of hydrogen-bond acceptors (Lipinski definition) is 7. The van der Waals surface area contributed by atoms with Crippen LogP contribution in [-0.2, 0) is 33.8 Å². The van der Waals surface area contributed by atoms with Crippen molar-refractivity contribution in [2.75, 3.05) is 20.3 Å². The molecular formula is C24H33NO7S. The molecule has 0 saturated heterocycles. The van der Waals surface area contributed by atoms with E-state index in [1.807, 2.05) is 13.8 Å². The molecule has 0 fully saturated rings. The lowest BCUT2D eigenvalue weighted by molar-refractivity contribution is -0.147. The highest BCUT2D eigenvalue weighted by molar-refractivity contribution is 7.89. The van der Waals surface area contributed by atoms with Gasteiger partial charge < -0.3 is 14.2 Å². The lowest BCUT2D eigenvalue weighted by Crippen LogP contribution is -2.42. The molecule has 0 radical (unpaired) electrons. The third-order valence-electron chi connectivity index (χ3n) is 5.44. The van der Waals surface area contributed by atoms with Crippen molar-refractivity contribution in [3.05, 3.63) is 54.1 Å². The van der Waals surface area contributed by atoms with Gasteiger partial charge in [0.2, 0.25) is 10.0 Å². The summed E-state index contributed by atoms with van der Waals surface area (Å²) in [6.45, 7) is 5.49. The Kier molecular flexibility index (Phi) is 10.3. The molecule has 0 aliphatic carbocycles. The highest BCUT2D eigenvalue weighted by Gasteiger charge is 2.25. The number of sulfonamides is 1. The number of cyclic esters (lactones) is 2. The molecule has 2 rings (SSSR count). The standard InChI is InChI=1S/C24H33NO7S/c1-17-11-13-20(14-12-17)33(28,29)25-21-15-31-23(26)10-6-8-19(3)22(30-4)16-32-24(27)9-5-7-18(21)2/h5-8,11-14,18-19,21-22,25H,9-10,15-16H2,1-4H3/b7-5-,8-6-/t18-,19-,21-,22-/m0/s1. The molecule has 1 aromatic rings. The summed E-state index contributed by atoms with van der Waals surface area (Å²) in [7, 11) is -2.30. The first kappa shape index (κ1) is 26.8. The van der Waals surface area contributed by atoms with Gasteiger partial charge in [-0.3, -0.25) is 9.59 Å². The monoisotopic (exact) mass is 479 g/mol. The minimum absolute atomic E-state index is 0.0300. The van der Waals surface area contributed by atoms with Gasteiger partial charge in [0.05, 0.1) is 29.9 Å². The zero-order valence-electron chi connectivity index (χ0n) is 19.5. The van der Waals surface area contributed by atoms with Crippen molar-refractivity contribution in [3.8, 4) is 0 Å². The first-order chi connectivity index (χ1) is 15.6. The van der Waals surface area contributed by atoms with Gasteiger partial charge in [0.25, 0.3) is 0 Å². The van der Waals surface area contributed by atoms with Gasteiger partial charge in [-0.1, -0.05) is 55.8 Å². The maximum absolute atomic E-state index is 12.9. The number of nitrogens with one attached hydrogen (secondary N) is 1. The molecule has 1 N–H and O–H groups in total. The van der Waals surface area contributed by atoms with Gasteiger partial charge in [0.1, 0.15) is 13.2 Å². The van der Waals surface area contributed by atoms with E-state index in [1.54, 1.807) is 43.4 Å². The van der Waals surface area contributed by atoms with Crippen LogP contribution in [0.25, 0.3) is 0 Å². The molecule has 8 nitrogen and oxygen atoms in total. The van der Waals surface area contributed by atoms with Crippen molar-refractivity contribution >= 4 is 22.0 Å².